The third-order valence-electron chi connectivity index (χ3n) is 2.97. The molecule has 0 aromatic heterocycles. The van der Waals surface area contributed by atoms with Gasteiger partial charge in [0.2, 0.25) is 5.91 Å². The van der Waals surface area contributed by atoms with Crippen molar-refractivity contribution in [3.05, 3.63) is 22.2 Å². The molecule has 2 rings (SSSR count). The molecule has 1 atom stereocenters. The number of halogens is 1. The molecule has 0 aliphatic carbocycles. The quantitative estimate of drug-likeness (QED) is 0.615. The molecular weight excluding hydrogens is 328 g/mol. The molecule has 2 N–H and O–H groups in total. The molecule has 4 nitrogen and oxygen atoms in total. The van der Waals surface area contributed by atoms with Gasteiger partial charge in [0.25, 0.3) is 0 Å². The number of benzene rings is 1. The summed E-state index contributed by atoms with van der Waals surface area (Å²) in [6.45, 7) is 0.772. The average molecular weight is 345 g/mol. The molecule has 0 bridgehead atoms. The molecule has 0 radical (unpaired) electrons. The summed E-state index contributed by atoms with van der Waals surface area (Å²) in [5.74, 6) is 1.00. The highest BCUT2D eigenvalue weighted by Gasteiger charge is 2.29. The van der Waals surface area contributed by atoms with Crippen LogP contribution in [0.2, 0.25) is 0 Å². The van der Waals surface area contributed by atoms with Gasteiger partial charge in [-0.2, -0.15) is 0 Å². The number of thioether (sulfide) groups is 1. The van der Waals surface area contributed by atoms with Gasteiger partial charge in [0.05, 0.1) is 0 Å². The second-order valence-electron chi connectivity index (χ2n) is 4.28. The number of anilines is 1. The molecule has 0 saturated heterocycles. The normalized spacial score (nSPS) is 17.4. The highest BCUT2D eigenvalue weighted by Crippen LogP contribution is 2.38. The van der Waals surface area contributed by atoms with E-state index in [9.17, 15) is 4.79 Å². The number of hydrogen-bond acceptors (Lipinski definition) is 4. The summed E-state index contributed by atoms with van der Waals surface area (Å²) in [5, 5.41) is 5.93. The van der Waals surface area contributed by atoms with E-state index in [0.29, 0.717) is 0 Å². The number of nitrogens with one attached hydrogen (secondary N) is 2. The minimum Gasteiger partial charge on any atom is -0.385 e. The van der Waals surface area contributed by atoms with Crippen molar-refractivity contribution in [3.63, 3.8) is 0 Å². The second-order valence-corrected chi connectivity index (χ2v) is 6.27. The number of ether oxygens (including phenoxy) is 1. The third-order valence-corrected chi connectivity index (χ3v) is 5.03. The fraction of sp³-hybridized carbons (Fsp3) is 0.462. The maximum absolute atomic E-state index is 11.8. The van der Waals surface area contributed by atoms with Crippen molar-refractivity contribution in [2.45, 2.75) is 17.4 Å². The molecule has 1 unspecified atom stereocenters. The first-order chi connectivity index (χ1) is 9.17. The maximum Gasteiger partial charge on any atom is 0.246 e. The van der Waals surface area contributed by atoms with Gasteiger partial charge in [-0.1, -0.05) is 0 Å². The summed E-state index contributed by atoms with van der Waals surface area (Å²) in [6, 6.07) is 3.80. The Kier molecular flexibility index (Phi) is 5.27. The smallest absolute Gasteiger partial charge is 0.246 e. The zero-order valence-corrected chi connectivity index (χ0v) is 13.4. The average Bonchev–Trinajstić information content (AvgIpc) is 2.69. The Balaban J connectivity index is 2.12. The lowest BCUT2D eigenvalue weighted by molar-refractivity contribution is -0.117. The number of methoxy groups -OCH3 is 1. The first-order valence-electron chi connectivity index (χ1n) is 6.10. The van der Waals surface area contributed by atoms with E-state index < -0.39 is 0 Å². The zero-order chi connectivity index (χ0) is 13.8. The summed E-state index contributed by atoms with van der Waals surface area (Å²) in [4.78, 5) is 12.9. The van der Waals surface area contributed by atoms with E-state index in [-0.39, 0.29) is 11.9 Å². The minimum atomic E-state index is -0.251. The Morgan fingerprint density at radius 3 is 3.00 bits per heavy atom. The highest BCUT2D eigenvalue weighted by molar-refractivity contribution is 9.10. The van der Waals surface area contributed by atoms with Gasteiger partial charge in [-0.25, -0.2) is 0 Å². The van der Waals surface area contributed by atoms with E-state index in [0.717, 1.165) is 39.4 Å². The van der Waals surface area contributed by atoms with Gasteiger partial charge in [0.1, 0.15) is 6.04 Å². The summed E-state index contributed by atoms with van der Waals surface area (Å²) in [7, 11) is 3.50. The molecule has 0 spiro atoms. The number of hydrogen-bond donors (Lipinski definition) is 2. The molecule has 104 valence electrons. The van der Waals surface area contributed by atoms with Gasteiger partial charge < -0.3 is 15.4 Å². The van der Waals surface area contributed by atoms with E-state index in [2.05, 4.69) is 26.6 Å². The van der Waals surface area contributed by atoms with E-state index in [4.69, 9.17) is 4.74 Å². The van der Waals surface area contributed by atoms with Crippen LogP contribution in [0.5, 0.6) is 0 Å². The van der Waals surface area contributed by atoms with E-state index in [1.165, 1.54) is 0 Å². The van der Waals surface area contributed by atoms with Crippen LogP contribution >= 0.6 is 27.7 Å². The van der Waals surface area contributed by atoms with Crippen molar-refractivity contribution < 1.29 is 9.53 Å². The van der Waals surface area contributed by atoms with Gasteiger partial charge in [0, 0.05) is 40.1 Å². The van der Waals surface area contributed by atoms with E-state index in [1.807, 2.05) is 12.1 Å². The van der Waals surface area contributed by atoms with Crippen molar-refractivity contribution in [3.8, 4) is 0 Å². The van der Waals surface area contributed by atoms with Crippen molar-refractivity contribution in [2.75, 3.05) is 31.8 Å². The lowest BCUT2D eigenvalue weighted by atomic mass is 10.1. The lowest BCUT2D eigenvalue weighted by Gasteiger charge is -2.10. The van der Waals surface area contributed by atoms with Crippen molar-refractivity contribution in [2.24, 2.45) is 0 Å². The summed E-state index contributed by atoms with van der Waals surface area (Å²) >= 11 is 5.34. The van der Waals surface area contributed by atoms with Crippen LogP contribution in [0, 0.1) is 0 Å². The summed E-state index contributed by atoms with van der Waals surface area (Å²) in [5.41, 5.74) is 1.91. The zero-order valence-electron chi connectivity index (χ0n) is 11.0. The Hall–Kier alpha value is -0.560. The minimum absolute atomic E-state index is 0.00549. The van der Waals surface area contributed by atoms with Gasteiger partial charge in [-0.05, 0) is 41.5 Å². The molecule has 0 saturated carbocycles. The molecule has 1 aliphatic heterocycles. The van der Waals surface area contributed by atoms with Gasteiger partial charge in [0.15, 0.2) is 0 Å². The molecule has 19 heavy (non-hydrogen) atoms. The number of amides is 1. The predicted molar refractivity (Wildman–Crippen MR) is 81.8 cm³/mol. The van der Waals surface area contributed by atoms with E-state index >= 15 is 0 Å². The summed E-state index contributed by atoms with van der Waals surface area (Å²) < 4.78 is 6.07. The first-order valence-corrected chi connectivity index (χ1v) is 7.88. The van der Waals surface area contributed by atoms with Gasteiger partial charge >= 0.3 is 0 Å². The molecule has 1 aromatic rings. The monoisotopic (exact) mass is 344 g/mol. The molecular formula is C13H17BrN2O2S. The first kappa shape index (κ1) is 14.8. The Morgan fingerprint density at radius 1 is 1.53 bits per heavy atom. The van der Waals surface area contributed by atoms with Crippen LogP contribution in [0.25, 0.3) is 0 Å². The Morgan fingerprint density at radius 2 is 2.32 bits per heavy atom. The second kappa shape index (κ2) is 6.74. The predicted octanol–water partition coefficient (Wildman–Crippen LogP) is 2.79. The van der Waals surface area contributed by atoms with Crippen LogP contribution in [0.3, 0.4) is 0 Å². The molecule has 0 fully saturated rings. The fourth-order valence-electron chi connectivity index (χ4n) is 2.04. The van der Waals surface area contributed by atoms with Gasteiger partial charge in [-0.3, -0.25) is 4.79 Å². The Labute approximate surface area is 125 Å². The molecule has 1 amide bonds. The molecule has 1 aromatic carbocycles. The number of likely N-dealkylation sites (N-methyl/N-ethyl adjacent to an activating group) is 1. The number of carbonyl (C=O) groups excluding carboxylic acids is 1. The number of carbonyl (C=O) groups is 1. The molecule has 1 aliphatic rings. The maximum atomic E-state index is 11.8. The Bertz CT molecular complexity index is 482. The topological polar surface area (TPSA) is 50.4 Å². The van der Waals surface area contributed by atoms with Crippen molar-refractivity contribution in [1.29, 1.82) is 0 Å². The van der Waals surface area contributed by atoms with Crippen molar-refractivity contribution >= 4 is 39.3 Å². The van der Waals surface area contributed by atoms with Gasteiger partial charge in [-0.15, -0.1) is 11.8 Å². The highest BCUT2D eigenvalue weighted by atomic mass is 79.9. The standard InChI is InChI=1S/C13H17BrN2O2S/c1-15-12-8-6-9(14)11(19-5-3-4-18-2)7-10(8)16-13(12)17/h6-7,12,15H,3-5H2,1-2H3,(H,16,17). The van der Waals surface area contributed by atoms with Crippen LogP contribution in [-0.4, -0.2) is 32.4 Å². The van der Waals surface area contributed by atoms with Crippen LogP contribution in [0.4, 0.5) is 5.69 Å². The van der Waals surface area contributed by atoms with E-state index in [1.54, 1.807) is 25.9 Å². The van der Waals surface area contributed by atoms with Crippen LogP contribution < -0.4 is 10.6 Å². The van der Waals surface area contributed by atoms with Crippen LogP contribution in [0.15, 0.2) is 21.5 Å². The molecule has 1 heterocycles. The van der Waals surface area contributed by atoms with Crippen LogP contribution in [0.1, 0.15) is 18.0 Å². The third kappa shape index (κ3) is 3.31. The van der Waals surface area contributed by atoms with Crippen LogP contribution in [-0.2, 0) is 9.53 Å². The van der Waals surface area contributed by atoms with Crippen molar-refractivity contribution in [1.82, 2.24) is 5.32 Å². The summed E-state index contributed by atoms with van der Waals surface area (Å²) in [6.07, 6.45) is 1.01. The fourth-order valence-corrected chi connectivity index (χ4v) is 3.63. The molecule has 6 heteroatoms. The lowest BCUT2D eigenvalue weighted by Crippen LogP contribution is -2.23. The number of fused-ring (bicyclic) bond motifs is 1. The number of rotatable bonds is 6. The SMILES string of the molecule is CNC1C(=O)Nc2cc(SCCCOC)c(Br)cc21. The largest absolute Gasteiger partial charge is 0.385 e.